The third-order valence-corrected chi connectivity index (χ3v) is 8.01. The van der Waals surface area contributed by atoms with E-state index in [0.717, 1.165) is 27.7 Å². The van der Waals surface area contributed by atoms with E-state index in [4.69, 9.17) is 11.6 Å². The van der Waals surface area contributed by atoms with Crippen LogP contribution in [0.3, 0.4) is 0 Å². The van der Waals surface area contributed by atoms with Gasteiger partial charge in [0.25, 0.3) is 0 Å². The lowest BCUT2D eigenvalue weighted by Gasteiger charge is -2.38. The molecule has 0 aliphatic rings. The van der Waals surface area contributed by atoms with Crippen LogP contribution in [0.1, 0.15) is 22.3 Å². The molecule has 0 bridgehead atoms. The lowest BCUT2D eigenvalue weighted by atomic mass is 9.76. The molecule has 0 atom stereocenters. The van der Waals surface area contributed by atoms with Gasteiger partial charge in [-0.05, 0) is 59.0 Å². The first-order valence-electron chi connectivity index (χ1n) is 13.4. The second kappa shape index (κ2) is 9.78. The van der Waals surface area contributed by atoms with Crippen LogP contribution >= 0.6 is 11.6 Å². The van der Waals surface area contributed by atoms with E-state index in [1.165, 1.54) is 27.6 Å². The largest absolute Gasteiger partial charge is 0.329 e. The van der Waals surface area contributed by atoms with Crippen molar-refractivity contribution < 1.29 is 0 Å². The maximum absolute atomic E-state index is 6.52. The zero-order valence-corrected chi connectivity index (χ0v) is 22.8. The molecule has 0 saturated heterocycles. The molecule has 0 spiro atoms. The lowest BCUT2D eigenvalue weighted by Crippen LogP contribution is -2.37. The van der Waals surface area contributed by atoms with E-state index >= 15 is 0 Å². The summed E-state index contributed by atoms with van der Waals surface area (Å²) in [4.78, 5) is 9.13. The molecule has 5 aromatic carbocycles. The van der Waals surface area contributed by atoms with Crippen LogP contribution in [-0.2, 0) is 5.54 Å². The first-order chi connectivity index (χ1) is 19.7. The van der Waals surface area contributed by atoms with Crippen LogP contribution in [0.4, 0.5) is 0 Å². The highest BCUT2D eigenvalue weighted by Gasteiger charge is 2.39. The van der Waals surface area contributed by atoms with Crippen molar-refractivity contribution in [2.45, 2.75) is 12.5 Å². The minimum atomic E-state index is -0.577. The first-order valence-corrected chi connectivity index (χ1v) is 13.7. The maximum atomic E-state index is 6.52. The van der Waals surface area contributed by atoms with Crippen LogP contribution in [0.2, 0.25) is 5.02 Å². The summed E-state index contributed by atoms with van der Waals surface area (Å²) in [6.45, 7) is 2.18. The molecule has 2 aromatic heterocycles. The molecule has 0 aliphatic carbocycles. The average Bonchev–Trinajstić information content (AvgIpc) is 3.34. The molecule has 40 heavy (non-hydrogen) atoms. The van der Waals surface area contributed by atoms with Crippen molar-refractivity contribution in [1.29, 1.82) is 0 Å². The molecule has 2 heterocycles. The summed E-state index contributed by atoms with van der Waals surface area (Å²) in [6.07, 6.45) is 5.72. The molecule has 4 heteroatoms. The summed E-state index contributed by atoms with van der Waals surface area (Å²) in [7, 11) is 0. The van der Waals surface area contributed by atoms with Crippen molar-refractivity contribution in [3.05, 3.63) is 167 Å². The quantitative estimate of drug-likeness (QED) is 0.206. The number of hydrogen-bond donors (Lipinski definition) is 0. The summed E-state index contributed by atoms with van der Waals surface area (Å²) in [5.74, 6) is 0. The van der Waals surface area contributed by atoms with Crippen LogP contribution in [0.15, 0.2) is 140 Å². The van der Waals surface area contributed by atoms with E-state index in [2.05, 4.69) is 137 Å². The van der Waals surface area contributed by atoms with Gasteiger partial charge in [-0.3, -0.25) is 9.97 Å². The lowest BCUT2D eigenvalue weighted by molar-refractivity contribution is 0.533. The van der Waals surface area contributed by atoms with Gasteiger partial charge >= 0.3 is 0 Å². The van der Waals surface area contributed by atoms with Crippen LogP contribution in [0.5, 0.6) is 0 Å². The van der Waals surface area contributed by atoms with Crippen molar-refractivity contribution in [3.63, 3.8) is 0 Å². The Bertz CT molecular complexity index is 1870. The number of fused-ring (bicyclic) bond motifs is 2. The summed E-state index contributed by atoms with van der Waals surface area (Å²) in [6, 6.07) is 42.8. The summed E-state index contributed by atoms with van der Waals surface area (Å²) < 4.78 is 2.44. The molecular weight excluding hydrogens is 510 g/mol. The molecule has 0 N–H and O–H groups in total. The Morgan fingerprint density at radius 2 is 1.23 bits per heavy atom. The fourth-order valence-corrected chi connectivity index (χ4v) is 6.27. The van der Waals surface area contributed by atoms with Gasteiger partial charge in [0.2, 0.25) is 0 Å². The molecule has 0 saturated carbocycles. The Labute approximate surface area is 238 Å². The molecule has 7 aromatic rings. The molecule has 192 valence electrons. The SMILES string of the molecule is Cc1cn(C(c2ccccc2)(c2ccccc2)c2ccccc2)c2ccc(-c3cc(Cl)cc4nccnc34)cc12. The molecule has 0 unspecified atom stereocenters. The summed E-state index contributed by atoms with van der Waals surface area (Å²) in [5.41, 5.74) is 9.03. The fourth-order valence-electron chi connectivity index (χ4n) is 6.06. The van der Waals surface area contributed by atoms with Gasteiger partial charge in [0.05, 0.1) is 11.0 Å². The topological polar surface area (TPSA) is 30.7 Å². The zero-order valence-electron chi connectivity index (χ0n) is 22.0. The third-order valence-electron chi connectivity index (χ3n) is 7.79. The molecule has 7 rings (SSSR count). The van der Waals surface area contributed by atoms with Gasteiger partial charge in [0.1, 0.15) is 5.54 Å². The standard InChI is InChI=1S/C36H26ClN3/c1-25-24-40(34-18-17-26(21-31(25)34)32-22-30(37)23-33-35(32)39-20-19-38-33)36(27-11-5-2-6-12-27,28-13-7-3-8-14-28)29-15-9-4-10-16-29/h2-24H,1H3. The number of hydrogen-bond acceptors (Lipinski definition) is 2. The molecule has 0 radical (unpaired) electrons. The van der Waals surface area contributed by atoms with E-state index in [9.17, 15) is 0 Å². The number of aryl methyl sites for hydroxylation is 1. The normalized spacial score (nSPS) is 11.8. The highest BCUT2D eigenvalue weighted by Crippen LogP contribution is 2.44. The second-order valence-electron chi connectivity index (χ2n) is 10.1. The van der Waals surface area contributed by atoms with E-state index < -0.39 is 5.54 Å². The van der Waals surface area contributed by atoms with Crippen LogP contribution in [0, 0.1) is 6.92 Å². The van der Waals surface area contributed by atoms with Crippen LogP contribution < -0.4 is 0 Å². The number of nitrogens with zero attached hydrogens (tertiary/aromatic N) is 3. The minimum absolute atomic E-state index is 0.577. The first kappa shape index (κ1) is 24.3. The van der Waals surface area contributed by atoms with Crippen LogP contribution in [-0.4, -0.2) is 14.5 Å². The van der Waals surface area contributed by atoms with Gasteiger partial charge in [-0.15, -0.1) is 0 Å². The Kier molecular flexibility index (Phi) is 5.95. The van der Waals surface area contributed by atoms with Gasteiger partial charge in [0, 0.05) is 40.1 Å². The van der Waals surface area contributed by atoms with Gasteiger partial charge < -0.3 is 4.57 Å². The monoisotopic (exact) mass is 535 g/mol. The van der Waals surface area contributed by atoms with Gasteiger partial charge in [-0.25, -0.2) is 0 Å². The van der Waals surface area contributed by atoms with Crippen molar-refractivity contribution in [1.82, 2.24) is 14.5 Å². The number of rotatable bonds is 5. The minimum Gasteiger partial charge on any atom is -0.329 e. The van der Waals surface area contributed by atoms with Gasteiger partial charge in [0.15, 0.2) is 0 Å². The molecular formula is C36H26ClN3. The smallest absolute Gasteiger partial charge is 0.120 e. The number of benzene rings is 5. The predicted molar refractivity (Wildman–Crippen MR) is 165 cm³/mol. The Hall–Kier alpha value is -4.73. The van der Waals surface area contributed by atoms with Crippen molar-refractivity contribution in [3.8, 4) is 11.1 Å². The van der Waals surface area contributed by atoms with Crippen LogP contribution in [0.25, 0.3) is 33.1 Å². The summed E-state index contributed by atoms with van der Waals surface area (Å²) >= 11 is 6.52. The van der Waals surface area contributed by atoms with Gasteiger partial charge in [-0.1, -0.05) is 109 Å². The van der Waals surface area contributed by atoms with Crippen molar-refractivity contribution >= 4 is 33.5 Å². The molecule has 3 nitrogen and oxygen atoms in total. The Morgan fingerprint density at radius 3 is 1.82 bits per heavy atom. The third kappa shape index (κ3) is 3.82. The molecule has 0 amide bonds. The number of halogens is 1. The molecule has 0 fully saturated rings. The predicted octanol–water partition coefficient (Wildman–Crippen LogP) is 9.05. The van der Waals surface area contributed by atoms with E-state index in [0.29, 0.717) is 5.02 Å². The highest BCUT2D eigenvalue weighted by molar-refractivity contribution is 6.31. The van der Waals surface area contributed by atoms with E-state index in [1.807, 2.05) is 12.1 Å². The average molecular weight is 536 g/mol. The highest BCUT2D eigenvalue weighted by atomic mass is 35.5. The molecule has 0 aliphatic heterocycles. The van der Waals surface area contributed by atoms with Gasteiger partial charge in [-0.2, -0.15) is 0 Å². The van der Waals surface area contributed by atoms with Crippen molar-refractivity contribution in [2.75, 3.05) is 0 Å². The van der Waals surface area contributed by atoms with Crippen molar-refractivity contribution in [2.24, 2.45) is 0 Å². The zero-order chi connectivity index (χ0) is 27.1. The van der Waals surface area contributed by atoms with E-state index in [-0.39, 0.29) is 0 Å². The fraction of sp³-hybridized carbons (Fsp3) is 0.0556. The van der Waals surface area contributed by atoms with E-state index in [1.54, 1.807) is 12.4 Å². The maximum Gasteiger partial charge on any atom is 0.120 e. The Balaban J connectivity index is 1.54. The Morgan fingerprint density at radius 1 is 0.650 bits per heavy atom. The number of aromatic nitrogens is 3. The summed E-state index contributed by atoms with van der Waals surface area (Å²) in [5, 5.41) is 1.83. The second-order valence-corrected chi connectivity index (χ2v) is 10.5.